The average molecular weight is 350 g/mol. The van der Waals surface area contributed by atoms with E-state index in [-0.39, 0.29) is 11.4 Å². The van der Waals surface area contributed by atoms with Gasteiger partial charge < -0.3 is 4.74 Å². The molecule has 5 aliphatic rings. The summed E-state index contributed by atoms with van der Waals surface area (Å²) < 4.78 is 5.30. The summed E-state index contributed by atoms with van der Waals surface area (Å²) in [5, 5.41) is 4.75. The first-order valence-corrected chi connectivity index (χ1v) is 10.1. The molecule has 1 unspecified atom stereocenters. The largest absolute Gasteiger partial charge is 0.463 e. The minimum atomic E-state index is -0.154. The molecule has 0 saturated heterocycles. The van der Waals surface area contributed by atoms with E-state index in [9.17, 15) is 4.79 Å². The minimum absolute atomic E-state index is 0.00938. The van der Waals surface area contributed by atoms with Gasteiger partial charge in [0, 0.05) is 16.6 Å². The topological polar surface area (TPSA) is 50.7 Å². The highest BCUT2D eigenvalue weighted by atomic mass is 16.5. The lowest BCUT2D eigenvalue weighted by atomic mass is 9.60. The lowest BCUT2D eigenvalue weighted by Crippen LogP contribution is -2.35. The van der Waals surface area contributed by atoms with Crippen LogP contribution in [0.15, 0.2) is 50.8 Å². The number of rotatable bonds is 3. The first-order valence-electron chi connectivity index (χ1n) is 10.1. The highest BCUT2D eigenvalue weighted by Crippen LogP contribution is 2.63. The number of hydrazone groups is 1. The fourth-order valence-electron chi connectivity index (χ4n) is 5.92. The van der Waals surface area contributed by atoms with Crippen molar-refractivity contribution in [3.05, 3.63) is 45.7 Å². The number of fused-ring (bicyclic) bond motifs is 3. The summed E-state index contributed by atoms with van der Waals surface area (Å²) >= 11 is 0. The standard InChI is InChI=1S/C22H26N2O2/c1-3-22-12-14(21(25)26-4-2)9-11-16(22)20-19-15(22)10-8-13-6-5-7-17(18(13)19)23-24-20/h9,11,15,24H,3-8,10,12H2,1-2H3/t15?,22-/m1/s1. The van der Waals surface area contributed by atoms with E-state index >= 15 is 0 Å². The second-order valence-electron chi connectivity index (χ2n) is 8.06. The van der Waals surface area contributed by atoms with Crippen molar-refractivity contribution in [1.82, 2.24) is 5.43 Å². The van der Waals surface area contributed by atoms with E-state index in [1.807, 2.05) is 13.0 Å². The fourth-order valence-corrected chi connectivity index (χ4v) is 5.92. The summed E-state index contributed by atoms with van der Waals surface area (Å²) in [6.45, 7) is 4.57. The molecule has 0 radical (unpaired) electrons. The maximum absolute atomic E-state index is 12.4. The lowest BCUT2D eigenvalue weighted by Gasteiger charge is -2.42. The first kappa shape index (κ1) is 16.1. The number of carbonyl (C=O) groups is 1. The summed E-state index contributed by atoms with van der Waals surface area (Å²) in [4.78, 5) is 12.4. The highest BCUT2D eigenvalue weighted by molar-refractivity contribution is 6.07. The zero-order valence-corrected chi connectivity index (χ0v) is 15.7. The van der Waals surface area contributed by atoms with Crippen LogP contribution in [0.2, 0.25) is 0 Å². The maximum atomic E-state index is 12.4. The van der Waals surface area contributed by atoms with Gasteiger partial charge in [-0.15, -0.1) is 0 Å². The van der Waals surface area contributed by atoms with Gasteiger partial charge in [-0.3, -0.25) is 5.43 Å². The quantitative estimate of drug-likeness (QED) is 0.771. The van der Waals surface area contributed by atoms with Crippen LogP contribution in [-0.4, -0.2) is 18.3 Å². The Labute approximate surface area is 154 Å². The predicted molar refractivity (Wildman–Crippen MR) is 101 cm³/mol. The molecular formula is C22H26N2O2. The van der Waals surface area contributed by atoms with Gasteiger partial charge >= 0.3 is 5.97 Å². The molecule has 4 heteroatoms. The van der Waals surface area contributed by atoms with Crippen molar-refractivity contribution in [2.24, 2.45) is 16.4 Å². The number of nitrogens with one attached hydrogen (secondary N) is 1. The van der Waals surface area contributed by atoms with Gasteiger partial charge in [0.2, 0.25) is 0 Å². The molecule has 4 nitrogen and oxygen atoms in total. The van der Waals surface area contributed by atoms with Gasteiger partial charge in [-0.2, -0.15) is 5.10 Å². The van der Waals surface area contributed by atoms with Crippen LogP contribution < -0.4 is 5.43 Å². The van der Waals surface area contributed by atoms with E-state index in [1.165, 1.54) is 53.8 Å². The number of carbonyl (C=O) groups excluding carboxylic acids is 1. The molecule has 1 N–H and O–H groups in total. The van der Waals surface area contributed by atoms with Crippen molar-refractivity contribution in [2.75, 3.05) is 6.61 Å². The lowest BCUT2D eigenvalue weighted by molar-refractivity contribution is -0.139. The van der Waals surface area contributed by atoms with Crippen LogP contribution in [0.4, 0.5) is 0 Å². The number of hydrogen-bond acceptors (Lipinski definition) is 4. The third-order valence-corrected chi connectivity index (χ3v) is 7.06. The number of esters is 1. The molecule has 0 aromatic carbocycles. The molecule has 0 amide bonds. The molecule has 1 heterocycles. The maximum Gasteiger partial charge on any atom is 0.334 e. The van der Waals surface area contributed by atoms with Gasteiger partial charge in [-0.25, -0.2) is 4.79 Å². The van der Waals surface area contributed by atoms with Crippen molar-refractivity contribution in [2.45, 2.75) is 58.8 Å². The normalized spacial score (nSPS) is 31.5. The van der Waals surface area contributed by atoms with Crippen LogP contribution in [0.25, 0.3) is 0 Å². The van der Waals surface area contributed by atoms with Crippen molar-refractivity contribution in [3.8, 4) is 0 Å². The number of allylic oxidation sites excluding steroid dienone is 6. The van der Waals surface area contributed by atoms with Gasteiger partial charge in [-0.05, 0) is 68.9 Å². The second-order valence-corrected chi connectivity index (χ2v) is 8.06. The van der Waals surface area contributed by atoms with Gasteiger partial charge in [0.1, 0.15) is 0 Å². The fraction of sp³-hybridized carbons (Fsp3) is 0.545. The van der Waals surface area contributed by atoms with E-state index in [0.717, 1.165) is 24.8 Å². The summed E-state index contributed by atoms with van der Waals surface area (Å²) in [5.41, 5.74) is 12.7. The zero-order valence-electron chi connectivity index (χ0n) is 15.7. The van der Waals surface area contributed by atoms with Crippen LogP contribution >= 0.6 is 0 Å². The Morgan fingerprint density at radius 3 is 3.00 bits per heavy atom. The summed E-state index contributed by atoms with van der Waals surface area (Å²) in [5.74, 6) is 0.334. The van der Waals surface area contributed by atoms with Crippen LogP contribution in [0.5, 0.6) is 0 Å². The Morgan fingerprint density at radius 2 is 2.19 bits per heavy atom. The van der Waals surface area contributed by atoms with E-state index in [4.69, 9.17) is 9.84 Å². The molecule has 0 aromatic heterocycles. The summed E-state index contributed by atoms with van der Waals surface area (Å²) in [6, 6.07) is 0. The van der Waals surface area contributed by atoms with Gasteiger partial charge in [0.25, 0.3) is 0 Å². The molecule has 0 saturated carbocycles. The number of ether oxygens (including phenoxy) is 1. The smallest absolute Gasteiger partial charge is 0.334 e. The highest BCUT2D eigenvalue weighted by Gasteiger charge is 2.55. The average Bonchev–Trinajstić information content (AvgIpc) is 2.97. The SMILES string of the molecule is CCOC(=O)C1=CC=C2C3=C4C5=C(CCCC5=NN3)CCC4[C@@]2(CC)C1. The van der Waals surface area contributed by atoms with Gasteiger partial charge in [0.15, 0.2) is 0 Å². The first-order chi connectivity index (χ1) is 12.7. The summed E-state index contributed by atoms with van der Waals surface area (Å²) in [6.07, 6.45) is 11.9. The molecule has 5 rings (SSSR count). The Balaban J connectivity index is 1.64. The van der Waals surface area contributed by atoms with Crippen LogP contribution in [0.3, 0.4) is 0 Å². The van der Waals surface area contributed by atoms with Crippen LogP contribution in [0.1, 0.15) is 58.8 Å². The van der Waals surface area contributed by atoms with Crippen LogP contribution in [0, 0.1) is 11.3 Å². The molecule has 0 spiro atoms. The molecule has 26 heavy (non-hydrogen) atoms. The Bertz CT molecular complexity index is 855. The van der Waals surface area contributed by atoms with E-state index in [0.29, 0.717) is 12.5 Å². The molecule has 1 aliphatic heterocycles. The molecule has 0 fully saturated rings. The van der Waals surface area contributed by atoms with E-state index in [1.54, 1.807) is 5.57 Å². The van der Waals surface area contributed by atoms with Gasteiger partial charge in [-0.1, -0.05) is 24.6 Å². The Hall–Kier alpha value is -2.10. The molecular weight excluding hydrogens is 324 g/mol. The molecule has 0 bridgehead atoms. The monoisotopic (exact) mass is 350 g/mol. The van der Waals surface area contributed by atoms with Crippen molar-refractivity contribution >= 4 is 11.7 Å². The zero-order chi connectivity index (χ0) is 17.9. The Morgan fingerprint density at radius 1 is 1.31 bits per heavy atom. The summed E-state index contributed by atoms with van der Waals surface area (Å²) in [7, 11) is 0. The van der Waals surface area contributed by atoms with Crippen molar-refractivity contribution in [3.63, 3.8) is 0 Å². The molecule has 0 aromatic rings. The van der Waals surface area contributed by atoms with Crippen molar-refractivity contribution in [1.29, 1.82) is 0 Å². The molecule has 136 valence electrons. The number of nitrogens with zero attached hydrogens (tertiary/aromatic N) is 1. The van der Waals surface area contributed by atoms with Crippen molar-refractivity contribution < 1.29 is 9.53 Å². The van der Waals surface area contributed by atoms with E-state index in [2.05, 4.69) is 18.4 Å². The Kier molecular flexibility index (Phi) is 3.53. The third kappa shape index (κ3) is 1.96. The van der Waals surface area contributed by atoms with Crippen LogP contribution in [-0.2, 0) is 9.53 Å². The molecule has 4 aliphatic carbocycles. The minimum Gasteiger partial charge on any atom is -0.463 e. The van der Waals surface area contributed by atoms with Gasteiger partial charge in [0.05, 0.1) is 18.0 Å². The second kappa shape index (κ2) is 5.70. The predicted octanol–water partition coefficient (Wildman–Crippen LogP) is 4.32. The molecule has 2 atom stereocenters. The third-order valence-electron chi connectivity index (χ3n) is 7.06. The number of hydrogen-bond donors (Lipinski definition) is 1. The van der Waals surface area contributed by atoms with E-state index < -0.39 is 0 Å².